The number of nitrogens with zero attached hydrogens (tertiary/aromatic N) is 2. The number of piperazine rings is 1. The van der Waals surface area contributed by atoms with Crippen molar-refractivity contribution >= 4 is 17.3 Å². The summed E-state index contributed by atoms with van der Waals surface area (Å²) in [5.74, 6) is 0. The predicted molar refractivity (Wildman–Crippen MR) is 84.7 cm³/mol. The molecule has 0 saturated carbocycles. The summed E-state index contributed by atoms with van der Waals surface area (Å²) in [7, 11) is 0. The zero-order valence-corrected chi connectivity index (χ0v) is 12.7. The molecule has 0 unspecified atom stereocenters. The third-order valence-corrected chi connectivity index (χ3v) is 4.02. The second-order valence-corrected chi connectivity index (χ2v) is 5.56. The van der Waals surface area contributed by atoms with Crippen molar-refractivity contribution in [2.45, 2.75) is 18.9 Å². The van der Waals surface area contributed by atoms with Gasteiger partial charge >= 0.3 is 0 Å². The molecule has 0 spiro atoms. The Morgan fingerprint density at radius 1 is 1.48 bits per heavy atom. The molecule has 2 rings (SSSR count). The van der Waals surface area contributed by atoms with Crippen LogP contribution >= 0.6 is 11.6 Å². The quantitative estimate of drug-likeness (QED) is 0.498. The molecular formula is C15H20ClN3O2. The average Bonchev–Trinajstić information content (AvgIpc) is 2.48. The predicted octanol–water partition coefficient (Wildman–Crippen LogP) is 3.16. The van der Waals surface area contributed by atoms with Gasteiger partial charge in [0.2, 0.25) is 0 Å². The Morgan fingerprint density at radius 3 is 2.81 bits per heavy atom. The molecule has 0 aliphatic carbocycles. The fourth-order valence-corrected chi connectivity index (χ4v) is 2.94. The van der Waals surface area contributed by atoms with E-state index in [0.717, 1.165) is 39.0 Å². The normalized spacial score (nSPS) is 17.4. The van der Waals surface area contributed by atoms with Crippen LogP contribution in [0.2, 0.25) is 5.02 Å². The van der Waals surface area contributed by atoms with E-state index in [0.29, 0.717) is 10.6 Å². The maximum Gasteiger partial charge on any atom is 0.274 e. The van der Waals surface area contributed by atoms with Gasteiger partial charge in [-0.3, -0.25) is 15.0 Å². The van der Waals surface area contributed by atoms with Crippen LogP contribution in [0.5, 0.6) is 0 Å². The van der Waals surface area contributed by atoms with E-state index in [1.165, 1.54) is 6.07 Å². The number of hydrogen-bond acceptors (Lipinski definition) is 4. The number of nitrogens with one attached hydrogen (secondary N) is 1. The highest BCUT2D eigenvalue weighted by Crippen LogP contribution is 2.34. The summed E-state index contributed by atoms with van der Waals surface area (Å²) >= 11 is 6.06. The number of allylic oxidation sites excluding steroid dienone is 1. The van der Waals surface area contributed by atoms with Gasteiger partial charge in [0.1, 0.15) is 0 Å². The van der Waals surface area contributed by atoms with Crippen molar-refractivity contribution in [1.82, 2.24) is 10.2 Å². The minimum absolute atomic E-state index is 0.00389. The smallest absolute Gasteiger partial charge is 0.274 e. The lowest BCUT2D eigenvalue weighted by Gasteiger charge is -2.35. The van der Waals surface area contributed by atoms with E-state index in [2.05, 4.69) is 16.8 Å². The molecule has 1 aromatic carbocycles. The van der Waals surface area contributed by atoms with Gasteiger partial charge in [-0.05, 0) is 25.0 Å². The standard InChI is InChI=1S/C15H20ClN3O2/c1-2-3-4-14(18-9-7-17-8-10-18)13-11-12(16)5-6-15(13)19(20)21/h2,5-6,11,14,17H,1,3-4,7-10H2/t14-/m0/s1. The summed E-state index contributed by atoms with van der Waals surface area (Å²) in [5.41, 5.74) is 0.850. The average molecular weight is 310 g/mol. The lowest BCUT2D eigenvalue weighted by Crippen LogP contribution is -2.45. The Hall–Kier alpha value is -1.43. The number of nitro benzene ring substituents is 1. The molecule has 21 heavy (non-hydrogen) atoms. The van der Waals surface area contributed by atoms with Gasteiger partial charge in [0, 0.05) is 48.9 Å². The molecule has 1 atom stereocenters. The fourth-order valence-electron chi connectivity index (χ4n) is 2.76. The van der Waals surface area contributed by atoms with E-state index in [9.17, 15) is 10.1 Å². The zero-order chi connectivity index (χ0) is 15.2. The van der Waals surface area contributed by atoms with E-state index in [1.54, 1.807) is 12.1 Å². The first-order valence-corrected chi connectivity index (χ1v) is 7.50. The van der Waals surface area contributed by atoms with Crippen molar-refractivity contribution in [3.8, 4) is 0 Å². The van der Waals surface area contributed by atoms with Gasteiger partial charge in [-0.15, -0.1) is 6.58 Å². The van der Waals surface area contributed by atoms with Crippen molar-refractivity contribution in [3.05, 3.63) is 51.6 Å². The van der Waals surface area contributed by atoms with Crippen LogP contribution in [-0.4, -0.2) is 36.0 Å². The third kappa shape index (κ3) is 4.03. The number of nitro groups is 1. The summed E-state index contributed by atoms with van der Waals surface area (Å²) < 4.78 is 0. The van der Waals surface area contributed by atoms with Crippen LogP contribution in [0, 0.1) is 10.1 Å². The summed E-state index contributed by atoms with van der Waals surface area (Å²) in [5, 5.41) is 15.1. The maximum atomic E-state index is 11.3. The van der Waals surface area contributed by atoms with Gasteiger partial charge in [0.05, 0.1) is 4.92 Å². The van der Waals surface area contributed by atoms with E-state index in [1.807, 2.05) is 6.08 Å². The molecule has 0 bridgehead atoms. The van der Waals surface area contributed by atoms with Gasteiger partial charge < -0.3 is 5.32 Å². The van der Waals surface area contributed by atoms with Crippen LogP contribution in [0.25, 0.3) is 0 Å². The topological polar surface area (TPSA) is 58.4 Å². The van der Waals surface area contributed by atoms with Crippen LogP contribution < -0.4 is 5.32 Å². The van der Waals surface area contributed by atoms with Gasteiger partial charge in [-0.1, -0.05) is 17.7 Å². The minimum Gasteiger partial charge on any atom is -0.314 e. The fraction of sp³-hybridized carbons (Fsp3) is 0.467. The molecule has 5 nitrogen and oxygen atoms in total. The summed E-state index contributed by atoms with van der Waals surface area (Å²) in [6, 6.07) is 4.81. The summed E-state index contributed by atoms with van der Waals surface area (Å²) in [4.78, 5) is 13.3. The van der Waals surface area contributed by atoms with Crippen molar-refractivity contribution in [2.24, 2.45) is 0 Å². The van der Waals surface area contributed by atoms with E-state index in [4.69, 9.17) is 11.6 Å². The summed E-state index contributed by atoms with van der Waals surface area (Å²) in [6.07, 6.45) is 3.48. The van der Waals surface area contributed by atoms with Crippen LogP contribution in [0.3, 0.4) is 0 Å². The Kier molecular flexibility index (Phi) is 5.73. The maximum absolute atomic E-state index is 11.3. The zero-order valence-electron chi connectivity index (χ0n) is 11.9. The van der Waals surface area contributed by atoms with E-state index in [-0.39, 0.29) is 16.7 Å². The number of benzene rings is 1. The first-order chi connectivity index (χ1) is 10.1. The highest BCUT2D eigenvalue weighted by atomic mass is 35.5. The molecule has 114 valence electrons. The van der Waals surface area contributed by atoms with Gasteiger partial charge in [0.25, 0.3) is 5.69 Å². The molecule has 1 heterocycles. The first-order valence-electron chi connectivity index (χ1n) is 7.13. The first kappa shape index (κ1) is 15.9. The Balaban J connectivity index is 2.36. The van der Waals surface area contributed by atoms with Crippen LogP contribution in [0.4, 0.5) is 5.69 Å². The monoisotopic (exact) mass is 309 g/mol. The van der Waals surface area contributed by atoms with Crippen molar-refractivity contribution in [3.63, 3.8) is 0 Å². The molecule has 6 heteroatoms. The molecular weight excluding hydrogens is 290 g/mol. The molecule has 1 aromatic rings. The molecule has 1 aliphatic heterocycles. The third-order valence-electron chi connectivity index (χ3n) is 3.78. The molecule has 1 saturated heterocycles. The number of rotatable bonds is 6. The second-order valence-electron chi connectivity index (χ2n) is 5.13. The lowest BCUT2D eigenvalue weighted by atomic mass is 9.97. The molecule has 0 amide bonds. The minimum atomic E-state index is -0.325. The molecule has 1 aliphatic rings. The van der Waals surface area contributed by atoms with Gasteiger partial charge in [0.15, 0.2) is 0 Å². The van der Waals surface area contributed by atoms with Crippen LogP contribution in [-0.2, 0) is 0 Å². The Labute approximate surface area is 129 Å². The van der Waals surface area contributed by atoms with E-state index >= 15 is 0 Å². The highest BCUT2D eigenvalue weighted by Gasteiger charge is 2.28. The SMILES string of the molecule is C=CCC[C@@H](c1cc(Cl)ccc1[N+](=O)[O-])N1CCNCC1. The molecule has 0 radical (unpaired) electrons. The second kappa shape index (κ2) is 7.54. The Bertz CT molecular complexity index is 516. The van der Waals surface area contributed by atoms with Crippen molar-refractivity contribution in [1.29, 1.82) is 0 Å². The number of hydrogen-bond donors (Lipinski definition) is 1. The van der Waals surface area contributed by atoms with Gasteiger partial charge in [-0.2, -0.15) is 0 Å². The van der Waals surface area contributed by atoms with Crippen LogP contribution in [0.1, 0.15) is 24.4 Å². The van der Waals surface area contributed by atoms with E-state index < -0.39 is 0 Å². The Morgan fingerprint density at radius 2 is 2.19 bits per heavy atom. The lowest BCUT2D eigenvalue weighted by molar-refractivity contribution is -0.386. The number of halogens is 1. The molecule has 1 fully saturated rings. The van der Waals surface area contributed by atoms with Crippen molar-refractivity contribution in [2.75, 3.05) is 26.2 Å². The largest absolute Gasteiger partial charge is 0.314 e. The van der Waals surface area contributed by atoms with Crippen molar-refractivity contribution < 1.29 is 4.92 Å². The highest BCUT2D eigenvalue weighted by molar-refractivity contribution is 6.30. The molecule has 0 aromatic heterocycles. The molecule has 1 N–H and O–H groups in total. The summed E-state index contributed by atoms with van der Waals surface area (Å²) in [6.45, 7) is 7.32. The van der Waals surface area contributed by atoms with Crippen LogP contribution in [0.15, 0.2) is 30.9 Å². The van der Waals surface area contributed by atoms with Gasteiger partial charge in [-0.25, -0.2) is 0 Å².